The molecule has 69 heavy (non-hydrogen) atoms. The molecule has 16 heteroatoms. The Labute approximate surface area is 415 Å². The van der Waals surface area contributed by atoms with Crippen LogP contribution < -0.4 is 15.5 Å². The van der Waals surface area contributed by atoms with Crippen molar-refractivity contribution in [1.29, 1.82) is 0 Å². The number of amides is 3. The van der Waals surface area contributed by atoms with E-state index in [1.807, 2.05) is 83.5 Å². The fourth-order valence-electron chi connectivity index (χ4n) is 8.96. The predicted molar refractivity (Wildman–Crippen MR) is 273 cm³/mol. The number of aryl methyl sites for hydroxylation is 4. The number of rotatable bonds is 19. The van der Waals surface area contributed by atoms with Gasteiger partial charge in [0.2, 0.25) is 23.4 Å². The average molecular weight is 978 g/mol. The van der Waals surface area contributed by atoms with E-state index in [2.05, 4.69) is 69.0 Å². The SMILES string of the molecule is [C-]#[N+]c1ccc(N(CC)c2cc(-c3c(C)nn(CCCCCOCC(=O)N[C@H](C(=O)N4C[C@H](OC(C)=O)C[C@H]4C(=O)N[C@@H](C)c4ccc(-c5scnc5C)cc4)C(C)(C)C)c3C)ccc2C)cc1Cl. The predicted octanol–water partition coefficient (Wildman–Crippen LogP) is 10.4. The first kappa shape index (κ1) is 52.3. The minimum atomic E-state index is -0.981. The van der Waals surface area contributed by atoms with Gasteiger partial charge in [-0.15, -0.1) is 11.3 Å². The Bertz CT molecular complexity index is 2680. The monoisotopic (exact) mass is 976 g/mol. The molecule has 5 aromatic rings. The van der Waals surface area contributed by atoms with Crippen LogP contribution in [0.25, 0.3) is 26.4 Å². The topological polar surface area (TPSA) is 152 Å². The summed E-state index contributed by atoms with van der Waals surface area (Å²) in [5.74, 6) is -1.75. The largest absolute Gasteiger partial charge is 0.461 e. The van der Waals surface area contributed by atoms with Gasteiger partial charge in [0.1, 0.15) is 24.8 Å². The van der Waals surface area contributed by atoms with Crippen LogP contribution in [0.15, 0.2) is 66.2 Å². The molecule has 1 saturated heterocycles. The van der Waals surface area contributed by atoms with Crippen LogP contribution in [-0.4, -0.2) is 87.8 Å². The number of unbranched alkanes of at least 4 members (excludes halogenated alkanes) is 2. The number of carbonyl (C=O) groups excluding carboxylic acids is 4. The lowest BCUT2D eigenvalue weighted by Crippen LogP contribution is -2.58. The molecule has 4 atom stereocenters. The highest BCUT2D eigenvalue weighted by Crippen LogP contribution is 2.38. The molecule has 3 aromatic carbocycles. The maximum atomic E-state index is 14.4. The molecule has 14 nitrogen and oxygen atoms in total. The van der Waals surface area contributed by atoms with Crippen LogP contribution in [0.3, 0.4) is 0 Å². The molecule has 2 aromatic heterocycles. The summed E-state index contributed by atoms with van der Waals surface area (Å²) in [4.78, 5) is 66.2. The molecule has 2 N–H and O–H groups in total. The van der Waals surface area contributed by atoms with Gasteiger partial charge in [-0.25, -0.2) is 9.83 Å². The van der Waals surface area contributed by atoms with Crippen molar-refractivity contribution in [1.82, 2.24) is 30.3 Å². The Morgan fingerprint density at radius 2 is 1.70 bits per heavy atom. The van der Waals surface area contributed by atoms with Crippen molar-refractivity contribution in [3.8, 4) is 21.6 Å². The number of esters is 1. The Balaban J connectivity index is 1.00. The third-order valence-electron chi connectivity index (χ3n) is 12.6. The van der Waals surface area contributed by atoms with E-state index in [9.17, 15) is 19.2 Å². The molecular weight excluding hydrogens is 912 g/mol. The molecule has 3 amide bonds. The molecule has 0 saturated carbocycles. The number of hydrogen-bond acceptors (Lipinski definition) is 10. The summed E-state index contributed by atoms with van der Waals surface area (Å²) in [6, 6.07) is 17.7. The second-order valence-electron chi connectivity index (χ2n) is 18.8. The number of ether oxygens (including phenoxy) is 2. The normalized spacial score (nSPS) is 15.6. The molecule has 0 radical (unpaired) electrons. The molecule has 0 unspecified atom stereocenters. The van der Waals surface area contributed by atoms with E-state index in [1.165, 1.54) is 11.8 Å². The first-order valence-electron chi connectivity index (χ1n) is 23.6. The summed E-state index contributed by atoms with van der Waals surface area (Å²) in [5.41, 5.74) is 11.7. The van der Waals surface area contributed by atoms with Crippen LogP contribution in [-0.2, 0) is 35.2 Å². The lowest BCUT2D eigenvalue weighted by molar-refractivity contribution is -0.147. The summed E-state index contributed by atoms with van der Waals surface area (Å²) in [5, 5.41) is 11.3. The Hall–Kier alpha value is -6.08. The van der Waals surface area contributed by atoms with Gasteiger partial charge >= 0.3 is 5.97 Å². The summed E-state index contributed by atoms with van der Waals surface area (Å²) < 4.78 is 13.4. The van der Waals surface area contributed by atoms with Gasteiger partial charge < -0.3 is 29.9 Å². The Morgan fingerprint density at radius 1 is 0.971 bits per heavy atom. The van der Waals surface area contributed by atoms with Gasteiger partial charge in [-0.2, -0.15) is 5.10 Å². The lowest BCUT2D eigenvalue weighted by atomic mass is 9.85. The number of carbonyl (C=O) groups is 4. The zero-order valence-electron chi connectivity index (χ0n) is 41.4. The van der Waals surface area contributed by atoms with E-state index in [4.69, 9.17) is 32.7 Å². The van der Waals surface area contributed by atoms with Crippen LogP contribution in [0.2, 0.25) is 5.02 Å². The molecular formula is C53H65ClN8O6S. The van der Waals surface area contributed by atoms with Gasteiger partial charge in [0.25, 0.3) is 0 Å². The van der Waals surface area contributed by atoms with Gasteiger partial charge in [0.05, 0.1) is 40.9 Å². The quantitative estimate of drug-likeness (QED) is 0.0468. The number of nitrogens with one attached hydrogen (secondary N) is 2. The summed E-state index contributed by atoms with van der Waals surface area (Å²) >= 11 is 8.00. The number of likely N-dealkylation sites (tertiary alicyclic amines) is 1. The fourth-order valence-corrected chi connectivity index (χ4v) is 9.99. The highest BCUT2D eigenvalue weighted by molar-refractivity contribution is 7.13. The fraction of sp³-hybridized carbons (Fsp3) is 0.453. The number of nitrogens with zero attached hydrogens (tertiary/aromatic N) is 6. The second kappa shape index (κ2) is 23.0. The molecule has 6 rings (SSSR count). The van der Waals surface area contributed by atoms with E-state index in [0.29, 0.717) is 23.9 Å². The second-order valence-corrected chi connectivity index (χ2v) is 20.1. The highest BCUT2D eigenvalue weighted by atomic mass is 35.5. The maximum absolute atomic E-state index is 14.4. The first-order chi connectivity index (χ1) is 32.8. The van der Waals surface area contributed by atoms with Crippen molar-refractivity contribution in [2.45, 2.75) is 126 Å². The van der Waals surface area contributed by atoms with E-state index in [-0.39, 0.29) is 31.5 Å². The molecule has 1 aliphatic rings. The van der Waals surface area contributed by atoms with E-state index < -0.39 is 41.4 Å². The molecule has 0 bridgehead atoms. The Kier molecular flexibility index (Phi) is 17.4. The van der Waals surface area contributed by atoms with Crippen LogP contribution in [0, 0.1) is 39.7 Å². The minimum absolute atomic E-state index is 0.0218. The third kappa shape index (κ3) is 12.8. The smallest absolute Gasteiger partial charge is 0.302 e. The summed E-state index contributed by atoms with van der Waals surface area (Å²) in [6.45, 7) is 28.0. The number of anilines is 2. The highest BCUT2D eigenvalue weighted by Gasteiger charge is 2.46. The van der Waals surface area contributed by atoms with E-state index in [1.54, 1.807) is 17.4 Å². The van der Waals surface area contributed by atoms with Crippen molar-refractivity contribution in [2.24, 2.45) is 5.41 Å². The van der Waals surface area contributed by atoms with Gasteiger partial charge in [0.15, 0.2) is 0 Å². The summed E-state index contributed by atoms with van der Waals surface area (Å²) in [6.07, 6.45) is 1.90. The van der Waals surface area contributed by atoms with Crippen LogP contribution >= 0.6 is 22.9 Å². The molecule has 1 fully saturated rings. The molecule has 0 spiro atoms. The van der Waals surface area contributed by atoms with E-state index >= 15 is 0 Å². The molecule has 1 aliphatic heterocycles. The number of halogens is 1. The zero-order valence-corrected chi connectivity index (χ0v) is 43.0. The number of hydrogen-bond donors (Lipinski definition) is 2. The maximum Gasteiger partial charge on any atom is 0.302 e. The molecule has 3 heterocycles. The van der Waals surface area contributed by atoms with Gasteiger partial charge in [-0.1, -0.05) is 74.8 Å². The van der Waals surface area contributed by atoms with Crippen molar-refractivity contribution >= 4 is 63.7 Å². The minimum Gasteiger partial charge on any atom is -0.461 e. The van der Waals surface area contributed by atoms with Crippen molar-refractivity contribution < 1.29 is 28.7 Å². The van der Waals surface area contributed by atoms with Gasteiger partial charge in [-0.05, 0) is 107 Å². The zero-order chi connectivity index (χ0) is 50.2. The van der Waals surface area contributed by atoms with Crippen molar-refractivity contribution in [3.63, 3.8) is 0 Å². The van der Waals surface area contributed by atoms with Gasteiger partial charge in [0, 0.05) is 60.7 Å². The van der Waals surface area contributed by atoms with Crippen LogP contribution in [0.4, 0.5) is 17.1 Å². The molecule has 366 valence electrons. The average Bonchev–Trinajstić information content (AvgIpc) is 4.01. The van der Waals surface area contributed by atoms with Gasteiger partial charge in [-0.3, -0.25) is 23.9 Å². The third-order valence-corrected chi connectivity index (χ3v) is 13.9. The van der Waals surface area contributed by atoms with Crippen molar-refractivity contribution in [3.05, 3.63) is 111 Å². The van der Waals surface area contributed by atoms with Crippen LogP contribution in [0.1, 0.15) is 101 Å². The lowest BCUT2D eigenvalue weighted by Gasteiger charge is -2.35. The van der Waals surface area contributed by atoms with E-state index in [0.717, 1.165) is 87.0 Å². The molecule has 0 aliphatic carbocycles. The number of benzene rings is 3. The van der Waals surface area contributed by atoms with Crippen molar-refractivity contribution in [2.75, 3.05) is 31.2 Å². The Morgan fingerprint density at radius 3 is 2.33 bits per heavy atom. The first-order valence-corrected chi connectivity index (χ1v) is 24.8. The standard InChI is InChI=1S/C53H65ClN8O6S/c1-12-60(41-22-23-44(55-11)43(54)27-41)45-26-40(17-16-32(45)2)48-34(4)59-62(36(48)6)24-14-13-15-25-67-30-47(64)58-50(53(8,9)10)52(66)61-29-42(68-37(7)63)28-46(61)51(65)57-33(3)38-18-20-39(21-19-38)49-35(5)56-31-69-49/h16-23,26-27,31,33,42,46,50H,12-15,24-25,28-30H2,1-10H3,(H,57,65)(H,58,64)/t33-,42+,46-,50+/m0/s1. The number of thiazole rings is 1. The number of aromatic nitrogens is 3. The van der Waals surface area contributed by atoms with Crippen LogP contribution in [0.5, 0.6) is 0 Å². The summed E-state index contributed by atoms with van der Waals surface area (Å²) in [7, 11) is 0.